The SMILES string of the molecule is C=CC(N)c1c(Cl)ccc(F)c1O. The lowest BCUT2D eigenvalue weighted by atomic mass is 10.1. The van der Waals surface area contributed by atoms with Gasteiger partial charge >= 0.3 is 0 Å². The van der Waals surface area contributed by atoms with Crippen LogP contribution in [0.5, 0.6) is 5.75 Å². The Kier molecular flexibility index (Phi) is 2.90. The molecule has 0 aliphatic heterocycles. The summed E-state index contributed by atoms with van der Waals surface area (Å²) < 4.78 is 12.9. The first-order valence-electron chi connectivity index (χ1n) is 3.63. The highest BCUT2D eigenvalue weighted by Gasteiger charge is 2.15. The van der Waals surface area contributed by atoms with Crippen LogP contribution in [0, 0.1) is 5.82 Å². The minimum atomic E-state index is -0.739. The molecular weight excluding hydrogens is 193 g/mol. The molecule has 0 amide bonds. The maximum atomic E-state index is 12.9. The topological polar surface area (TPSA) is 46.2 Å². The van der Waals surface area contributed by atoms with Gasteiger partial charge in [0.2, 0.25) is 0 Å². The minimum Gasteiger partial charge on any atom is -0.505 e. The minimum absolute atomic E-state index is 0.164. The molecule has 0 aromatic heterocycles. The third kappa shape index (κ3) is 1.82. The van der Waals surface area contributed by atoms with Gasteiger partial charge in [0.05, 0.1) is 6.04 Å². The van der Waals surface area contributed by atoms with Gasteiger partial charge in [-0.2, -0.15) is 0 Å². The van der Waals surface area contributed by atoms with Gasteiger partial charge in [0.15, 0.2) is 11.6 Å². The van der Waals surface area contributed by atoms with E-state index in [2.05, 4.69) is 6.58 Å². The number of aromatic hydroxyl groups is 1. The number of benzene rings is 1. The van der Waals surface area contributed by atoms with Gasteiger partial charge in [0.25, 0.3) is 0 Å². The summed E-state index contributed by atoms with van der Waals surface area (Å²) in [4.78, 5) is 0. The quantitative estimate of drug-likeness (QED) is 0.722. The molecule has 0 aliphatic carbocycles. The molecule has 0 saturated carbocycles. The normalized spacial score (nSPS) is 12.5. The van der Waals surface area contributed by atoms with E-state index >= 15 is 0 Å². The van der Waals surface area contributed by atoms with Gasteiger partial charge in [0.1, 0.15) is 0 Å². The van der Waals surface area contributed by atoms with Crippen molar-refractivity contribution in [2.45, 2.75) is 6.04 Å². The molecule has 4 heteroatoms. The van der Waals surface area contributed by atoms with Crippen LogP contribution in [0.25, 0.3) is 0 Å². The highest BCUT2D eigenvalue weighted by atomic mass is 35.5. The Morgan fingerprint density at radius 1 is 1.62 bits per heavy atom. The molecule has 2 nitrogen and oxygen atoms in total. The molecule has 1 atom stereocenters. The van der Waals surface area contributed by atoms with E-state index in [1.807, 2.05) is 0 Å². The van der Waals surface area contributed by atoms with Crippen molar-refractivity contribution < 1.29 is 9.50 Å². The fourth-order valence-corrected chi connectivity index (χ4v) is 1.27. The van der Waals surface area contributed by atoms with E-state index in [-0.39, 0.29) is 10.6 Å². The van der Waals surface area contributed by atoms with Crippen molar-refractivity contribution in [2.24, 2.45) is 5.73 Å². The second kappa shape index (κ2) is 3.77. The van der Waals surface area contributed by atoms with Gasteiger partial charge in [0, 0.05) is 10.6 Å². The molecule has 0 spiro atoms. The maximum Gasteiger partial charge on any atom is 0.165 e. The molecule has 70 valence electrons. The van der Waals surface area contributed by atoms with Crippen LogP contribution in [0.4, 0.5) is 4.39 Å². The molecular formula is C9H9ClFNO. The number of phenols is 1. The Labute approximate surface area is 80.4 Å². The zero-order valence-electron chi connectivity index (χ0n) is 6.80. The fourth-order valence-electron chi connectivity index (χ4n) is 0.992. The number of hydrogen-bond donors (Lipinski definition) is 2. The Hall–Kier alpha value is -1.06. The molecule has 0 radical (unpaired) electrons. The van der Waals surface area contributed by atoms with Gasteiger partial charge in [-0.3, -0.25) is 0 Å². The monoisotopic (exact) mass is 201 g/mol. The molecule has 3 N–H and O–H groups in total. The fraction of sp³-hybridized carbons (Fsp3) is 0.111. The zero-order valence-corrected chi connectivity index (χ0v) is 7.55. The van der Waals surface area contributed by atoms with Crippen molar-refractivity contribution in [1.82, 2.24) is 0 Å². The van der Waals surface area contributed by atoms with Crippen molar-refractivity contribution in [3.8, 4) is 5.75 Å². The lowest BCUT2D eigenvalue weighted by molar-refractivity contribution is 0.424. The van der Waals surface area contributed by atoms with Gasteiger partial charge in [-0.1, -0.05) is 17.7 Å². The molecule has 1 aromatic carbocycles. The van der Waals surface area contributed by atoms with Crippen LogP contribution in [0.2, 0.25) is 5.02 Å². The molecule has 0 saturated heterocycles. The molecule has 0 heterocycles. The van der Waals surface area contributed by atoms with Crippen LogP contribution in [-0.4, -0.2) is 5.11 Å². The standard InChI is InChI=1S/C9H9ClFNO/c1-2-7(12)8-5(10)3-4-6(11)9(8)13/h2-4,7,13H,1,12H2. The average molecular weight is 202 g/mol. The van der Waals surface area contributed by atoms with Gasteiger partial charge < -0.3 is 10.8 Å². The second-order valence-corrected chi connectivity index (χ2v) is 2.96. The number of rotatable bonds is 2. The van der Waals surface area contributed by atoms with Gasteiger partial charge in [-0.05, 0) is 12.1 Å². The molecule has 1 rings (SSSR count). The molecule has 13 heavy (non-hydrogen) atoms. The Bertz CT molecular complexity index is 341. The van der Waals surface area contributed by atoms with Crippen molar-refractivity contribution in [3.05, 3.63) is 41.2 Å². The van der Waals surface area contributed by atoms with Crippen LogP contribution < -0.4 is 5.73 Å². The first-order valence-corrected chi connectivity index (χ1v) is 4.00. The predicted molar refractivity (Wildman–Crippen MR) is 50.2 cm³/mol. The van der Waals surface area contributed by atoms with E-state index in [0.29, 0.717) is 0 Å². The predicted octanol–water partition coefficient (Wildman–Crippen LogP) is 2.37. The van der Waals surface area contributed by atoms with E-state index in [1.165, 1.54) is 12.1 Å². The Morgan fingerprint density at radius 2 is 2.23 bits per heavy atom. The number of phenolic OH excluding ortho intramolecular Hbond substituents is 1. The van der Waals surface area contributed by atoms with E-state index in [9.17, 15) is 9.50 Å². The van der Waals surface area contributed by atoms with Crippen molar-refractivity contribution >= 4 is 11.6 Å². The second-order valence-electron chi connectivity index (χ2n) is 2.55. The molecule has 1 unspecified atom stereocenters. The van der Waals surface area contributed by atoms with Crippen LogP contribution in [0.1, 0.15) is 11.6 Å². The summed E-state index contributed by atoms with van der Waals surface area (Å²) in [6.45, 7) is 3.43. The summed E-state index contributed by atoms with van der Waals surface area (Å²) in [6.07, 6.45) is 1.38. The van der Waals surface area contributed by atoms with Crippen LogP contribution in [-0.2, 0) is 0 Å². The largest absolute Gasteiger partial charge is 0.505 e. The molecule has 0 aliphatic rings. The van der Waals surface area contributed by atoms with Crippen molar-refractivity contribution in [1.29, 1.82) is 0 Å². The lowest BCUT2D eigenvalue weighted by Crippen LogP contribution is -2.08. The lowest BCUT2D eigenvalue weighted by Gasteiger charge is -2.11. The highest BCUT2D eigenvalue weighted by Crippen LogP contribution is 2.32. The Balaban J connectivity index is 3.32. The van der Waals surface area contributed by atoms with Gasteiger partial charge in [-0.15, -0.1) is 6.58 Å². The van der Waals surface area contributed by atoms with Crippen LogP contribution in [0.15, 0.2) is 24.8 Å². The van der Waals surface area contributed by atoms with Crippen LogP contribution >= 0.6 is 11.6 Å². The van der Waals surface area contributed by atoms with E-state index in [0.717, 1.165) is 6.07 Å². The molecule has 0 bridgehead atoms. The van der Waals surface area contributed by atoms with Gasteiger partial charge in [-0.25, -0.2) is 4.39 Å². The summed E-state index contributed by atoms with van der Waals surface area (Å²) in [6, 6.07) is 1.76. The molecule has 0 fully saturated rings. The number of nitrogens with two attached hydrogens (primary N) is 1. The molecule has 1 aromatic rings. The van der Waals surface area contributed by atoms with Crippen LogP contribution in [0.3, 0.4) is 0 Å². The zero-order chi connectivity index (χ0) is 10.0. The first kappa shape index (κ1) is 10.0. The van der Waals surface area contributed by atoms with E-state index in [1.54, 1.807) is 0 Å². The maximum absolute atomic E-state index is 12.9. The number of hydrogen-bond acceptors (Lipinski definition) is 2. The smallest absolute Gasteiger partial charge is 0.165 e. The number of halogens is 2. The summed E-state index contributed by atoms with van der Waals surface area (Å²) >= 11 is 5.72. The third-order valence-electron chi connectivity index (χ3n) is 1.70. The summed E-state index contributed by atoms with van der Waals surface area (Å²) in [5.74, 6) is -1.25. The highest BCUT2D eigenvalue weighted by molar-refractivity contribution is 6.31. The first-order chi connectivity index (χ1) is 6.07. The third-order valence-corrected chi connectivity index (χ3v) is 2.03. The van der Waals surface area contributed by atoms with Crippen molar-refractivity contribution in [3.63, 3.8) is 0 Å². The summed E-state index contributed by atoms with van der Waals surface area (Å²) in [5, 5.41) is 9.52. The summed E-state index contributed by atoms with van der Waals surface area (Å²) in [5.41, 5.74) is 5.70. The summed E-state index contributed by atoms with van der Waals surface area (Å²) in [7, 11) is 0. The van der Waals surface area contributed by atoms with Crippen molar-refractivity contribution in [2.75, 3.05) is 0 Å². The van der Waals surface area contributed by atoms with E-state index < -0.39 is 17.6 Å². The average Bonchev–Trinajstić information content (AvgIpc) is 2.12. The Morgan fingerprint density at radius 3 is 2.77 bits per heavy atom. The van der Waals surface area contributed by atoms with E-state index in [4.69, 9.17) is 17.3 Å².